The Morgan fingerprint density at radius 3 is 3.00 bits per heavy atom. The maximum absolute atomic E-state index is 10.9. The minimum Gasteiger partial charge on any atom is -0.484 e. The summed E-state index contributed by atoms with van der Waals surface area (Å²) in [5, 5.41) is 17.3. The van der Waals surface area contributed by atoms with Gasteiger partial charge < -0.3 is 14.4 Å². The van der Waals surface area contributed by atoms with Gasteiger partial charge in [0.15, 0.2) is 5.82 Å². The molecule has 1 aromatic carbocycles. The molecule has 0 fully saturated rings. The molecule has 0 saturated carbocycles. The molecule has 2 heterocycles. The Bertz CT molecular complexity index is 684. The van der Waals surface area contributed by atoms with Crippen molar-refractivity contribution in [2.24, 2.45) is 0 Å². The summed E-state index contributed by atoms with van der Waals surface area (Å²) in [5.41, 5.74) is 0.217. The molecule has 7 heteroatoms. The van der Waals surface area contributed by atoms with Crippen LogP contribution in [0.25, 0.3) is 0 Å². The van der Waals surface area contributed by atoms with E-state index in [4.69, 9.17) is 9.84 Å². The van der Waals surface area contributed by atoms with Crippen molar-refractivity contribution in [2.45, 2.75) is 32.4 Å². The molecule has 0 atom stereocenters. The van der Waals surface area contributed by atoms with Crippen molar-refractivity contribution in [1.82, 2.24) is 14.8 Å². The van der Waals surface area contributed by atoms with Gasteiger partial charge in [0.25, 0.3) is 0 Å². The molecule has 0 amide bonds. The monoisotopic (exact) mass is 351 g/mol. The Kier molecular flexibility index (Phi) is 3.92. The Morgan fingerprint density at radius 1 is 1.38 bits per heavy atom. The van der Waals surface area contributed by atoms with Gasteiger partial charge in [-0.2, -0.15) is 0 Å². The van der Waals surface area contributed by atoms with Gasteiger partial charge >= 0.3 is 5.97 Å². The average Bonchev–Trinajstić information content (AvgIpc) is 2.89. The molecule has 0 spiro atoms. The molecule has 1 N–H and O–H groups in total. The third-order valence-electron chi connectivity index (χ3n) is 3.47. The number of ether oxygens (including phenoxy) is 1. The van der Waals surface area contributed by atoms with Crippen molar-refractivity contribution >= 4 is 21.9 Å². The Hall–Kier alpha value is -1.89. The number of aromatic nitrogens is 3. The molecule has 1 aromatic heterocycles. The van der Waals surface area contributed by atoms with Crippen LogP contribution in [-0.4, -0.2) is 25.8 Å². The maximum Gasteiger partial charge on any atom is 0.335 e. The lowest BCUT2D eigenvalue weighted by atomic mass is 10.2. The third-order valence-corrected chi connectivity index (χ3v) is 4.09. The van der Waals surface area contributed by atoms with Gasteiger partial charge in [0.2, 0.25) is 0 Å². The van der Waals surface area contributed by atoms with Crippen molar-refractivity contribution in [1.29, 1.82) is 0 Å². The highest BCUT2D eigenvalue weighted by Crippen LogP contribution is 2.27. The zero-order chi connectivity index (χ0) is 14.8. The fourth-order valence-corrected chi connectivity index (χ4v) is 2.86. The summed E-state index contributed by atoms with van der Waals surface area (Å²) in [6.45, 7) is 1.25. The number of hydrogen-bond donors (Lipinski definition) is 1. The lowest BCUT2D eigenvalue weighted by Crippen LogP contribution is -2.14. The van der Waals surface area contributed by atoms with Gasteiger partial charge in [-0.3, -0.25) is 0 Å². The van der Waals surface area contributed by atoms with Crippen LogP contribution >= 0.6 is 15.9 Å². The number of carbonyl (C=O) groups is 1. The Balaban J connectivity index is 1.73. The van der Waals surface area contributed by atoms with Crippen LogP contribution in [0.4, 0.5) is 0 Å². The Morgan fingerprint density at radius 2 is 2.24 bits per heavy atom. The van der Waals surface area contributed by atoms with Gasteiger partial charge in [-0.25, -0.2) is 4.79 Å². The molecular weight excluding hydrogens is 338 g/mol. The van der Waals surface area contributed by atoms with Gasteiger partial charge in [-0.15, -0.1) is 10.2 Å². The average molecular weight is 352 g/mol. The quantitative estimate of drug-likeness (QED) is 0.915. The molecule has 0 aliphatic carbocycles. The molecule has 1 aliphatic rings. The van der Waals surface area contributed by atoms with Gasteiger partial charge in [0, 0.05) is 13.0 Å². The summed E-state index contributed by atoms with van der Waals surface area (Å²) in [7, 11) is 0. The topological polar surface area (TPSA) is 77.2 Å². The van der Waals surface area contributed by atoms with Gasteiger partial charge in [-0.1, -0.05) is 0 Å². The molecule has 1 aliphatic heterocycles. The van der Waals surface area contributed by atoms with Crippen molar-refractivity contribution in [3.8, 4) is 5.75 Å². The number of halogens is 1. The zero-order valence-electron chi connectivity index (χ0n) is 11.3. The maximum atomic E-state index is 10.9. The summed E-state index contributed by atoms with van der Waals surface area (Å²) >= 11 is 3.32. The molecular formula is C14H14BrN3O3. The fourth-order valence-electron chi connectivity index (χ4n) is 2.37. The SMILES string of the molecule is O=C(O)c1ccc(OCc2nnc3n2CCCC3)c(Br)c1. The van der Waals surface area contributed by atoms with Crippen molar-refractivity contribution in [2.75, 3.05) is 0 Å². The van der Waals surface area contributed by atoms with E-state index in [-0.39, 0.29) is 5.56 Å². The highest BCUT2D eigenvalue weighted by atomic mass is 79.9. The first-order valence-electron chi connectivity index (χ1n) is 6.72. The van der Waals surface area contributed by atoms with E-state index in [2.05, 4.69) is 30.7 Å². The first-order valence-corrected chi connectivity index (χ1v) is 7.51. The Labute approximate surface area is 129 Å². The number of hydrogen-bond acceptors (Lipinski definition) is 4. The van der Waals surface area contributed by atoms with Crippen LogP contribution in [0.5, 0.6) is 5.75 Å². The summed E-state index contributed by atoms with van der Waals surface area (Å²) in [4.78, 5) is 10.9. The second kappa shape index (κ2) is 5.85. The van der Waals surface area contributed by atoms with Gasteiger partial charge in [0.05, 0.1) is 10.0 Å². The van der Waals surface area contributed by atoms with Crippen LogP contribution < -0.4 is 4.74 Å². The van der Waals surface area contributed by atoms with Crippen molar-refractivity contribution < 1.29 is 14.6 Å². The fraction of sp³-hybridized carbons (Fsp3) is 0.357. The number of aryl methyl sites for hydroxylation is 1. The molecule has 0 radical (unpaired) electrons. The molecule has 3 rings (SSSR count). The summed E-state index contributed by atoms with van der Waals surface area (Å²) in [6.07, 6.45) is 3.25. The van der Waals surface area contributed by atoms with Gasteiger partial charge in [0.1, 0.15) is 18.2 Å². The standard InChI is InChI=1S/C14H14BrN3O3/c15-10-7-9(14(19)20)4-5-11(10)21-8-13-17-16-12-3-1-2-6-18(12)13/h4-5,7H,1-3,6,8H2,(H,19,20). The predicted molar refractivity (Wildman–Crippen MR) is 78.4 cm³/mol. The van der Waals surface area contributed by atoms with E-state index in [0.717, 1.165) is 37.5 Å². The second-order valence-corrected chi connectivity index (χ2v) is 5.73. The van der Waals surface area contributed by atoms with E-state index in [1.54, 1.807) is 6.07 Å². The number of carboxylic acids is 1. The second-order valence-electron chi connectivity index (χ2n) is 4.88. The van der Waals surface area contributed by atoms with E-state index in [1.807, 2.05) is 0 Å². The van der Waals surface area contributed by atoms with E-state index in [0.29, 0.717) is 16.8 Å². The summed E-state index contributed by atoms with van der Waals surface area (Å²) < 4.78 is 8.43. The number of benzene rings is 1. The van der Waals surface area contributed by atoms with Crippen LogP contribution in [0.2, 0.25) is 0 Å². The van der Waals surface area contributed by atoms with Crippen molar-refractivity contribution in [3.05, 3.63) is 39.9 Å². The van der Waals surface area contributed by atoms with E-state index < -0.39 is 5.97 Å². The van der Waals surface area contributed by atoms with Crippen LogP contribution in [-0.2, 0) is 19.6 Å². The molecule has 21 heavy (non-hydrogen) atoms. The van der Waals surface area contributed by atoms with Crippen molar-refractivity contribution in [3.63, 3.8) is 0 Å². The van der Waals surface area contributed by atoms with E-state index in [1.165, 1.54) is 12.1 Å². The summed E-state index contributed by atoms with van der Waals surface area (Å²) in [6, 6.07) is 4.68. The molecule has 0 saturated heterocycles. The number of rotatable bonds is 4. The van der Waals surface area contributed by atoms with Crippen LogP contribution in [0.3, 0.4) is 0 Å². The first-order chi connectivity index (χ1) is 10.1. The molecule has 6 nitrogen and oxygen atoms in total. The lowest BCUT2D eigenvalue weighted by Gasteiger charge is -2.15. The normalized spacial score (nSPS) is 13.8. The number of fused-ring (bicyclic) bond motifs is 1. The third kappa shape index (κ3) is 2.92. The lowest BCUT2D eigenvalue weighted by molar-refractivity contribution is 0.0696. The zero-order valence-corrected chi connectivity index (χ0v) is 12.8. The number of nitrogens with zero attached hydrogens (tertiary/aromatic N) is 3. The van der Waals surface area contributed by atoms with Crippen LogP contribution in [0, 0.1) is 0 Å². The highest BCUT2D eigenvalue weighted by molar-refractivity contribution is 9.10. The smallest absolute Gasteiger partial charge is 0.335 e. The predicted octanol–water partition coefficient (Wildman–Crippen LogP) is 2.65. The molecule has 0 bridgehead atoms. The first kappa shape index (κ1) is 14.1. The van der Waals surface area contributed by atoms with Gasteiger partial charge in [-0.05, 0) is 47.0 Å². The summed E-state index contributed by atoms with van der Waals surface area (Å²) in [5.74, 6) is 1.45. The number of aromatic carboxylic acids is 1. The van der Waals surface area contributed by atoms with Crippen LogP contribution in [0.1, 0.15) is 34.8 Å². The largest absolute Gasteiger partial charge is 0.484 e. The van der Waals surface area contributed by atoms with E-state index >= 15 is 0 Å². The molecule has 0 unspecified atom stereocenters. The van der Waals surface area contributed by atoms with E-state index in [9.17, 15) is 4.79 Å². The molecule has 2 aromatic rings. The minimum absolute atomic E-state index is 0.217. The highest BCUT2D eigenvalue weighted by Gasteiger charge is 2.16. The number of carboxylic acid groups (broad SMARTS) is 1. The van der Waals surface area contributed by atoms with Crippen LogP contribution in [0.15, 0.2) is 22.7 Å². The molecule has 110 valence electrons. The minimum atomic E-state index is -0.964.